The normalized spacial score (nSPS) is 12.3. The lowest BCUT2D eigenvalue weighted by Crippen LogP contribution is -1.94. The summed E-state index contributed by atoms with van der Waals surface area (Å²) >= 11 is 5.54. The van der Waals surface area contributed by atoms with Gasteiger partial charge < -0.3 is 9.84 Å². The van der Waals surface area contributed by atoms with Crippen molar-refractivity contribution in [1.29, 1.82) is 0 Å². The smallest absolute Gasteiger partial charge is 0.166 e. The standard InChI is InChI=1S/C14H11ClF2O2/c1-8(18)9-2-5-14(13(17)6-9)19-10-3-4-11(15)12(16)7-10/h2-8,18H,1H3/t8-/m1/s1. The van der Waals surface area contributed by atoms with Gasteiger partial charge in [-0.05, 0) is 36.8 Å². The molecule has 0 fully saturated rings. The van der Waals surface area contributed by atoms with Gasteiger partial charge in [0.25, 0.3) is 0 Å². The van der Waals surface area contributed by atoms with Crippen LogP contribution in [0.3, 0.4) is 0 Å². The summed E-state index contributed by atoms with van der Waals surface area (Å²) in [7, 11) is 0. The van der Waals surface area contributed by atoms with E-state index in [1.165, 1.54) is 37.3 Å². The lowest BCUT2D eigenvalue weighted by molar-refractivity contribution is 0.198. The van der Waals surface area contributed by atoms with Crippen LogP contribution in [0.1, 0.15) is 18.6 Å². The van der Waals surface area contributed by atoms with Crippen LogP contribution in [0.4, 0.5) is 8.78 Å². The summed E-state index contributed by atoms with van der Waals surface area (Å²) in [5.74, 6) is -1.18. The first-order valence-electron chi connectivity index (χ1n) is 5.58. The number of ether oxygens (including phenoxy) is 1. The summed E-state index contributed by atoms with van der Waals surface area (Å²) in [5.41, 5.74) is 0.437. The van der Waals surface area contributed by atoms with Crippen LogP contribution in [-0.4, -0.2) is 5.11 Å². The van der Waals surface area contributed by atoms with Crippen molar-refractivity contribution in [3.05, 3.63) is 58.6 Å². The van der Waals surface area contributed by atoms with Crippen molar-refractivity contribution in [3.63, 3.8) is 0 Å². The number of benzene rings is 2. The molecular weight excluding hydrogens is 274 g/mol. The Morgan fingerprint density at radius 2 is 1.84 bits per heavy atom. The highest BCUT2D eigenvalue weighted by molar-refractivity contribution is 6.30. The summed E-state index contributed by atoms with van der Waals surface area (Å²) in [6.07, 6.45) is -0.767. The lowest BCUT2D eigenvalue weighted by atomic mass is 10.1. The number of halogens is 3. The first-order chi connectivity index (χ1) is 8.97. The predicted molar refractivity (Wildman–Crippen MR) is 68.5 cm³/mol. The number of aliphatic hydroxyl groups excluding tert-OH is 1. The molecule has 1 N–H and O–H groups in total. The molecule has 0 unspecified atom stereocenters. The van der Waals surface area contributed by atoms with Crippen LogP contribution >= 0.6 is 11.6 Å². The van der Waals surface area contributed by atoms with Gasteiger partial charge in [0.2, 0.25) is 0 Å². The fourth-order valence-corrected chi connectivity index (χ4v) is 1.64. The second kappa shape index (κ2) is 5.55. The topological polar surface area (TPSA) is 29.5 Å². The maximum absolute atomic E-state index is 13.7. The van der Waals surface area contributed by atoms with Crippen molar-refractivity contribution in [2.24, 2.45) is 0 Å². The van der Waals surface area contributed by atoms with Crippen molar-refractivity contribution in [3.8, 4) is 11.5 Å². The lowest BCUT2D eigenvalue weighted by Gasteiger charge is -2.10. The summed E-state index contributed by atoms with van der Waals surface area (Å²) in [6.45, 7) is 1.53. The molecule has 2 aromatic carbocycles. The van der Waals surface area contributed by atoms with Gasteiger partial charge in [0, 0.05) is 6.07 Å². The summed E-state index contributed by atoms with van der Waals surface area (Å²) < 4.78 is 32.2. The van der Waals surface area contributed by atoms with Crippen LogP contribution in [0.15, 0.2) is 36.4 Å². The van der Waals surface area contributed by atoms with E-state index in [-0.39, 0.29) is 16.5 Å². The minimum absolute atomic E-state index is 0.0303. The van der Waals surface area contributed by atoms with E-state index in [0.717, 1.165) is 6.07 Å². The molecule has 0 aromatic heterocycles. The molecule has 2 aromatic rings. The quantitative estimate of drug-likeness (QED) is 0.901. The van der Waals surface area contributed by atoms with Gasteiger partial charge in [-0.1, -0.05) is 17.7 Å². The van der Waals surface area contributed by atoms with E-state index in [1.807, 2.05) is 0 Å². The third kappa shape index (κ3) is 3.22. The monoisotopic (exact) mass is 284 g/mol. The molecule has 0 radical (unpaired) electrons. The molecule has 0 saturated carbocycles. The fourth-order valence-electron chi connectivity index (χ4n) is 1.53. The highest BCUT2D eigenvalue weighted by Gasteiger charge is 2.10. The van der Waals surface area contributed by atoms with E-state index in [0.29, 0.717) is 5.56 Å². The van der Waals surface area contributed by atoms with E-state index in [4.69, 9.17) is 16.3 Å². The molecule has 19 heavy (non-hydrogen) atoms. The van der Waals surface area contributed by atoms with Crippen molar-refractivity contribution in [2.75, 3.05) is 0 Å². The zero-order valence-electron chi connectivity index (χ0n) is 10.0. The van der Waals surface area contributed by atoms with Crippen molar-refractivity contribution in [2.45, 2.75) is 13.0 Å². The largest absolute Gasteiger partial charge is 0.454 e. The molecular formula is C14H11ClF2O2. The van der Waals surface area contributed by atoms with Gasteiger partial charge in [-0.2, -0.15) is 0 Å². The SMILES string of the molecule is C[C@@H](O)c1ccc(Oc2ccc(Cl)c(F)c2)c(F)c1. The molecule has 2 rings (SSSR count). The molecule has 0 amide bonds. The van der Waals surface area contributed by atoms with E-state index >= 15 is 0 Å². The van der Waals surface area contributed by atoms with Gasteiger partial charge in [0.05, 0.1) is 11.1 Å². The first kappa shape index (κ1) is 13.8. The average Bonchev–Trinajstić information content (AvgIpc) is 2.36. The minimum Gasteiger partial charge on any atom is -0.454 e. The zero-order valence-corrected chi connectivity index (χ0v) is 10.8. The zero-order chi connectivity index (χ0) is 14.0. The number of aliphatic hydroxyl groups is 1. The maximum atomic E-state index is 13.7. The van der Waals surface area contributed by atoms with E-state index in [1.54, 1.807) is 0 Å². The Labute approximate surface area is 114 Å². The summed E-state index contributed by atoms with van der Waals surface area (Å²) in [6, 6.07) is 7.93. The second-order valence-corrected chi connectivity index (χ2v) is 4.45. The second-order valence-electron chi connectivity index (χ2n) is 4.04. The van der Waals surface area contributed by atoms with Crippen LogP contribution in [0, 0.1) is 11.6 Å². The number of rotatable bonds is 3. The molecule has 0 heterocycles. The number of hydrogen-bond donors (Lipinski definition) is 1. The van der Waals surface area contributed by atoms with Crippen LogP contribution in [-0.2, 0) is 0 Å². The van der Waals surface area contributed by atoms with E-state index in [2.05, 4.69) is 0 Å². The third-order valence-corrected chi connectivity index (χ3v) is 2.86. The molecule has 0 saturated heterocycles. The van der Waals surface area contributed by atoms with Crippen molar-refractivity contribution >= 4 is 11.6 Å². The predicted octanol–water partition coefficient (Wildman–Crippen LogP) is 4.46. The van der Waals surface area contributed by atoms with Gasteiger partial charge in [0.1, 0.15) is 11.6 Å². The molecule has 0 aliphatic carbocycles. The van der Waals surface area contributed by atoms with Gasteiger partial charge in [-0.3, -0.25) is 0 Å². The minimum atomic E-state index is -0.767. The fraction of sp³-hybridized carbons (Fsp3) is 0.143. The summed E-state index contributed by atoms with van der Waals surface area (Å²) in [4.78, 5) is 0. The molecule has 0 spiro atoms. The van der Waals surface area contributed by atoms with Gasteiger partial charge in [0.15, 0.2) is 11.6 Å². The highest BCUT2D eigenvalue weighted by atomic mass is 35.5. The van der Waals surface area contributed by atoms with Crippen molar-refractivity contribution in [1.82, 2.24) is 0 Å². The Morgan fingerprint density at radius 1 is 1.11 bits per heavy atom. The van der Waals surface area contributed by atoms with Crippen LogP contribution in [0.25, 0.3) is 0 Å². The highest BCUT2D eigenvalue weighted by Crippen LogP contribution is 2.28. The van der Waals surface area contributed by atoms with Crippen molar-refractivity contribution < 1.29 is 18.6 Å². The van der Waals surface area contributed by atoms with Gasteiger partial charge >= 0.3 is 0 Å². The molecule has 2 nitrogen and oxygen atoms in total. The molecule has 5 heteroatoms. The summed E-state index contributed by atoms with van der Waals surface area (Å²) in [5, 5.41) is 9.29. The molecule has 0 bridgehead atoms. The van der Waals surface area contributed by atoms with Gasteiger partial charge in [-0.25, -0.2) is 8.78 Å². The van der Waals surface area contributed by atoms with Crippen LogP contribution < -0.4 is 4.74 Å². The number of hydrogen-bond acceptors (Lipinski definition) is 2. The Balaban J connectivity index is 2.25. The van der Waals surface area contributed by atoms with E-state index in [9.17, 15) is 13.9 Å². The maximum Gasteiger partial charge on any atom is 0.166 e. The first-order valence-corrected chi connectivity index (χ1v) is 5.95. The van der Waals surface area contributed by atoms with Crippen LogP contribution in [0.2, 0.25) is 5.02 Å². The van der Waals surface area contributed by atoms with Crippen LogP contribution in [0.5, 0.6) is 11.5 Å². The Hall–Kier alpha value is -1.65. The Bertz CT molecular complexity index is 600. The Kier molecular flexibility index (Phi) is 4.02. The molecule has 0 aliphatic rings. The molecule has 0 aliphatic heterocycles. The average molecular weight is 285 g/mol. The third-order valence-electron chi connectivity index (χ3n) is 2.56. The molecule has 100 valence electrons. The van der Waals surface area contributed by atoms with E-state index < -0.39 is 17.7 Å². The van der Waals surface area contributed by atoms with Gasteiger partial charge in [-0.15, -0.1) is 0 Å². The Morgan fingerprint density at radius 3 is 2.42 bits per heavy atom. The molecule has 1 atom stereocenters.